The summed E-state index contributed by atoms with van der Waals surface area (Å²) >= 11 is 1.17. The number of carbonyl (C=O) groups is 2. The van der Waals surface area contributed by atoms with Crippen molar-refractivity contribution in [1.82, 2.24) is 15.5 Å². The number of nitrogens with one attached hydrogen (secondary N) is 2. The lowest BCUT2D eigenvalue weighted by Crippen LogP contribution is -2.24. The first kappa shape index (κ1) is 20.9. The summed E-state index contributed by atoms with van der Waals surface area (Å²) in [6.45, 7) is 0.369. The van der Waals surface area contributed by atoms with Gasteiger partial charge in [-0.2, -0.15) is 0 Å². The Kier molecular flexibility index (Phi) is 6.51. The van der Waals surface area contributed by atoms with Gasteiger partial charge in [0.25, 0.3) is 5.22 Å². The fourth-order valence-electron chi connectivity index (χ4n) is 2.85. The summed E-state index contributed by atoms with van der Waals surface area (Å²) in [5, 5.41) is 14.1. The van der Waals surface area contributed by atoms with Crippen molar-refractivity contribution >= 4 is 29.3 Å². The highest BCUT2D eigenvalue weighted by Crippen LogP contribution is 2.30. The summed E-state index contributed by atoms with van der Waals surface area (Å²) in [6, 6.07) is 14.8. The standard InChI is InChI=1S/C22H22N4O4S/c1-29-18-9-7-16(8-10-18)21-25-26-22(30-21)31-13-19(27)23-12-14-3-2-4-17(11-14)24-20(28)15-5-6-15/h2-4,7-11,15H,5-6,12-13H2,1H3,(H,23,27)(H,24,28). The van der Waals surface area contributed by atoms with Gasteiger partial charge in [-0.3, -0.25) is 9.59 Å². The van der Waals surface area contributed by atoms with Crippen molar-refractivity contribution in [3.05, 3.63) is 54.1 Å². The number of hydrogen-bond acceptors (Lipinski definition) is 7. The average Bonchev–Trinajstić information content (AvgIpc) is 3.55. The fraction of sp³-hybridized carbons (Fsp3) is 0.273. The highest BCUT2D eigenvalue weighted by Gasteiger charge is 2.29. The number of ether oxygens (including phenoxy) is 1. The second-order valence-electron chi connectivity index (χ2n) is 7.13. The summed E-state index contributed by atoms with van der Waals surface area (Å²) in [5.41, 5.74) is 2.43. The van der Waals surface area contributed by atoms with E-state index in [1.54, 1.807) is 7.11 Å². The van der Waals surface area contributed by atoms with Crippen LogP contribution in [0.4, 0.5) is 5.69 Å². The lowest BCUT2D eigenvalue weighted by Gasteiger charge is -2.08. The zero-order valence-electron chi connectivity index (χ0n) is 17.0. The summed E-state index contributed by atoms with van der Waals surface area (Å²) in [7, 11) is 1.60. The molecular formula is C22H22N4O4S. The number of amides is 2. The highest BCUT2D eigenvalue weighted by molar-refractivity contribution is 7.99. The Hall–Kier alpha value is -3.33. The van der Waals surface area contributed by atoms with Crippen molar-refractivity contribution in [3.8, 4) is 17.2 Å². The van der Waals surface area contributed by atoms with Crippen molar-refractivity contribution in [2.24, 2.45) is 5.92 Å². The molecule has 0 atom stereocenters. The van der Waals surface area contributed by atoms with E-state index in [-0.39, 0.29) is 23.5 Å². The summed E-state index contributed by atoms with van der Waals surface area (Å²) in [5.74, 6) is 1.34. The monoisotopic (exact) mass is 438 g/mol. The molecule has 8 nitrogen and oxygen atoms in total. The van der Waals surface area contributed by atoms with Gasteiger partial charge in [0.15, 0.2) is 0 Å². The third-order valence-electron chi connectivity index (χ3n) is 4.70. The van der Waals surface area contributed by atoms with Gasteiger partial charge in [-0.05, 0) is 54.8 Å². The minimum atomic E-state index is -0.151. The van der Waals surface area contributed by atoms with Crippen LogP contribution in [0.1, 0.15) is 18.4 Å². The van der Waals surface area contributed by atoms with Gasteiger partial charge in [0.1, 0.15) is 5.75 Å². The molecule has 0 saturated heterocycles. The van der Waals surface area contributed by atoms with Crippen LogP contribution in [0.3, 0.4) is 0 Å². The second-order valence-corrected chi connectivity index (χ2v) is 8.06. The third kappa shape index (κ3) is 5.85. The number of aromatic nitrogens is 2. The molecule has 1 aliphatic rings. The molecule has 1 aromatic heterocycles. The van der Waals surface area contributed by atoms with Gasteiger partial charge >= 0.3 is 0 Å². The van der Waals surface area contributed by atoms with Crippen molar-refractivity contribution < 1.29 is 18.7 Å². The Bertz CT molecular complexity index is 1060. The van der Waals surface area contributed by atoms with Crippen LogP contribution in [0.15, 0.2) is 58.2 Å². The topological polar surface area (TPSA) is 106 Å². The fourth-order valence-corrected chi connectivity index (χ4v) is 3.44. The number of methoxy groups -OCH3 is 1. The van der Waals surface area contributed by atoms with Crippen LogP contribution < -0.4 is 15.4 Å². The van der Waals surface area contributed by atoms with Crippen LogP contribution in [0.25, 0.3) is 11.5 Å². The van der Waals surface area contributed by atoms with Crippen LogP contribution in [-0.2, 0) is 16.1 Å². The van der Waals surface area contributed by atoms with Gasteiger partial charge in [0.2, 0.25) is 17.7 Å². The van der Waals surface area contributed by atoms with E-state index in [1.165, 1.54) is 11.8 Å². The SMILES string of the molecule is COc1ccc(-c2nnc(SCC(=O)NCc3cccc(NC(=O)C4CC4)c3)o2)cc1. The second kappa shape index (κ2) is 9.65. The molecule has 4 rings (SSSR count). The van der Waals surface area contributed by atoms with Gasteiger partial charge < -0.3 is 19.8 Å². The minimum absolute atomic E-state index is 0.0613. The molecule has 2 N–H and O–H groups in total. The molecule has 1 heterocycles. The Labute approximate surface area is 183 Å². The Morgan fingerprint density at radius 1 is 1.16 bits per heavy atom. The van der Waals surface area contributed by atoms with E-state index in [1.807, 2.05) is 48.5 Å². The number of hydrogen-bond donors (Lipinski definition) is 2. The van der Waals surface area contributed by atoms with Crippen LogP contribution >= 0.6 is 11.8 Å². The van der Waals surface area contributed by atoms with E-state index >= 15 is 0 Å². The Morgan fingerprint density at radius 2 is 1.97 bits per heavy atom. The van der Waals surface area contributed by atoms with Gasteiger partial charge in [-0.1, -0.05) is 23.9 Å². The molecule has 9 heteroatoms. The maximum Gasteiger partial charge on any atom is 0.277 e. The van der Waals surface area contributed by atoms with E-state index in [0.717, 1.165) is 35.4 Å². The van der Waals surface area contributed by atoms with Crippen LogP contribution in [0.5, 0.6) is 5.75 Å². The molecule has 3 aromatic rings. The minimum Gasteiger partial charge on any atom is -0.497 e. The van der Waals surface area contributed by atoms with Gasteiger partial charge in [-0.15, -0.1) is 10.2 Å². The molecule has 1 aliphatic carbocycles. The van der Waals surface area contributed by atoms with E-state index < -0.39 is 0 Å². The molecule has 0 spiro atoms. The molecule has 1 saturated carbocycles. The smallest absolute Gasteiger partial charge is 0.277 e. The first-order chi connectivity index (χ1) is 15.1. The predicted molar refractivity (Wildman–Crippen MR) is 117 cm³/mol. The predicted octanol–water partition coefficient (Wildman–Crippen LogP) is 3.50. The molecule has 160 valence electrons. The van der Waals surface area contributed by atoms with Gasteiger partial charge in [0.05, 0.1) is 12.9 Å². The van der Waals surface area contributed by atoms with E-state index in [9.17, 15) is 9.59 Å². The van der Waals surface area contributed by atoms with Crippen LogP contribution in [0, 0.1) is 5.92 Å². The van der Waals surface area contributed by atoms with Crippen LogP contribution in [-0.4, -0.2) is 34.9 Å². The lowest BCUT2D eigenvalue weighted by atomic mass is 10.2. The zero-order chi connectivity index (χ0) is 21.6. The van der Waals surface area contributed by atoms with Gasteiger partial charge in [0, 0.05) is 23.7 Å². The Balaban J connectivity index is 1.24. The quantitative estimate of drug-likeness (QED) is 0.493. The van der Waals surface area contributed by atoms with E-state index in [0.29, 0.717) is 17.7 Å². The highest BCUT2D eigenvalue weighted by atomic mass is 32.2. The molecule has 1 fully saturated rings. The molecular weight excluding hydrogens is 416 g/mol. The molecule has 2 aromatic carbocycles. The number of nitrogens with zero attached hydrogens (tertiary/aromatic N) is 2. The number of benzene rings is 2. The van der Waals surface area contributed by atoms with E-state index in [4.69, 9.17) is 9.15 Å². The molecule has 0 bridgehead atoms. The molecule has 31 heavy (non-hydrogen) atoms. The summed E-state index contributed by atoms with van der Waals surface area (Å²) < 4.78 is 10.7. The van der Waals surface area contributed by atoms with Crippen molar-refractivity contribution in [2.45, 2.75) is 24.6 Å². The zero-order valence-corrected chi connectivity index (χ0v) is 17.8. The largest absolute Gasteiger partial charge is 0.497 e. The maximum absolute atomic E-state index is 12.2. The molecule has 0 aliphatic heterocycles. The van der Waals surface area contributed by atoms with Crippen molar-refractivity contribution in [2.75, 3.05) is 18.2 Å². The number of anilines is 1. The maximum atomic E-state index is 12.2. The first-order valence-electron chi connectivity index (χ1n) is 9.88. The van der Waals surface area contributed by atoms with E-state index in [2.05, 4.69) is 20.8 Å². The summed E-state index contributed by atoms with van der Waals surface area (Å²) in [6.07, 6.45) is 1.92. The third-order valence-corrected chi connectivity index (χ3v) is 5.52. The normalized spacial score (nSPS) is 12.9. The number of carbonyl (C=O) groups excluding carboxylic acids is 2. The summed E-state index contributed by atoms with van der Waals surface area (Å²) in [4.78, 5) is 24.1. The first-order valence-corrected chi connectivity index (χ1v) is 10.9. The van der Waals surface area contributed by atoms with Gasteiger partial charge in [-0.25, -0.2) is 0 Å². The van der Waals surface area contributed by atoms with Crippen LogP contribution in [0.2, 0.25) is 0 Å². The molecule has 2 amide bonds. The molecule has 0 radical (unpaired) electrons. The number of thioether (sulfide) groups is 1. The number of rotatable bonds is 9. The average molecular weight is 439 g/mol. The lowest BCUT2D eigenvalue weighted by molar-refractivity contribution is -0.119. The Morgan fingerprint density at radius 3 is 2.71 bits per heavy atom. The molecule has 0 unspecified atom stereocenters. The van der Waals surface area contributed by atoms with Crippen molar-refractivity contribution in [1.29, 1.82) is 0 Å². The van der Waals surface area contributed by atoms with Crippen molar-refractivity contribution in [3.63, 3.8) is 0 Å².